The van der Waals surface area contributed by atoms with Gasteiger partial charge in [-0.25, -0.2) is 15.0 Å². The Morgan fingerprint density at radius 3 is 1.86 bits per heavy atom. The molecule has 10 heteroatoms. The predicted octanol–water partition coefficient (Wildman–Crippen LogP) is 4.23. The Bertz CT molecular complexity index is 650. The molecular weight excluding hydrogens is 324 g/mol. The minimum Gasteiger partial charge on any atom is -0.244 e. The summed E-state index contributed by atoms with van der Waals surface area (Å²) in [7, 11) is 0. The van der Waals surface area contributed by atoms with Gasteiger partial charge in [-0.15, -0.1) is 0 Å². The summed E-state index contributed by atoms with van der Waals surface area (Å²) < 4.78 is 75.4. The van der Waals surface area contributed by atoms with E-state index in [2.05, 4.69) is 15.0 Å². The molecule has 2 heterocycles. The zero-order chi connectivity index (χ0) is 15.8. The van der Waals surface area contributed by atoms with Crippen LogP contribution >= 0.6 is 11.6 Å². The Balaban J connectivity index is 2.54. The Hall–Kier alpha value is -1.90. The Labute approximate surface area is 118 Å². The van der Waals surface area contributed by atoms with E-state index in [1.807, 2.05) is 0 Å². The van der Waals surface area contributed by atoms with Gasteiger partial charge in [-0.3, -0.25) is 0 Å². The Morgan fingerprint density at radius 1 is 0.810 bits per heavy atom. The maximum absolute atomic E-state index is 12.8. The van der Waals surface area contributed by atoms with Crippen LogP contribution in [-0.2, 0) is 12.4 Å². The van der Waals surface area contributed by atoms with E-state index in [0.29, 0.717) is 18.6 Å². The number of pyridine rings is 1. The van der Waals surface area contributed by atoms with Crippen LogP contribution in [0.2, 0.25) is 5.15 Å². The number of alkyl halides is 6. The molecule has 0 radical (unpaired) electrons. The number of nitrogens with zero attached hydrogens (tertiary/aromatic N) is 3. The zero-order valence-corrected chi connectivity index (χ0v) is 10.6. The number of aromatic nitrogens is 3. The topological polar surface area (TPSA) is 38.7 Å². The van der Waals surface area contributed by atoms with Gasteiger partial charge in [0.05, 0.1) is 5.56 Å². The summed E-state index contributed by atoms with van der Waals surface area (Å²) in [5.74, 6) is -1.44. The third-order valence-corrected chi connectivity index (χ3v) is 2.60. The average Bonchev–Trinajstić information content (AvgIpc) is 2.36. The van der Waals surface area contributed by atoms with Gasteiger partial charge in [0, 0.05) is 29.7 Å². The van der Waals surface area contributed by atoms with E-state index in [4.69, 9.17) is 11.6 Å². The van der Waals surface area contributed by atoms with E-state index in [-0.39, 0.29) is 10.7 Å². The fraction of sp³-hybridized carbons (Fsp3) is 0.182. The highest BCUT2D eigenvalue weighted by Crippen LogP contribution is 2.37. The first-order valence-electron chi connectivity index (χ1n) is 5.21. The van der Waals surface area contributed by atoms with E-state index < -0.39 is 29.3 Å². The third-order valence-electron chi connectivity index (χ3n) is 2.39. The summed E-state index contributed by atoms with van der Waals surface area (Å²) in [6.45, 7) is 0. The highest BCUT2D eigenvalue weighted by molar-refractivity contribution is 6.29. The monoisotopic (exact) mass is 327 g/mol. The van der Waals surface area contributed by atoms with Gasteiger partial charge in [-0.1, -0.05) is 11.6 Å². The molecule has 0 saturated heterocycles. The molecule has 0 aliphatic heterocycles. The minimum atomic E-state index is -4.78. The summed E-state index contributed by atoms with van der Waals surface area (Å²) in [6, 6.07) is 0.885. The van der Waals surface area contributed by atoms with Crippen LogP contribution in [0, 0.1) is 0 Å². The van der Waals surface area contributed by atoms with Crippen molar-refractivity contribution in [3.05, 3.63) is 41.2 Å². The van der Waals surface area contributed by atoms with Crippen LogP contribution in [0.4, 0.5) is 26.3 Å². The average molecular weight is 328 g/mol. The Kier molecular flexibility index (Phi) is 3.79. The maximum atomic E-state index is 12.8. The number of hydrogen-bond acceptors (Lipinski definition) is 3. The molecule has 0 bridgehead atoms. The molecule has 0 N–H and O–H groups in total. The van der Waals surface area contributed by atoms with Gasteiger partial charge in [-0.05, 0) is 6.07 Å². The molecule has 0 aromatic carbocycles. The van der Waals surface area contributed by atoms with Crippen molar-refractivity contribution in [3.63, 3.8) is 0 Å². The van der Waals surface area contributed by atoms with E-state index in [9.17, 15) is 26.3 Å². The minimum absolute atomic E-state index is 0.238. The summed E-state index contributed by atoms with van der Waals surface area (Å²) in [5, 5.41) is -0.238. The first-order valence-corrected chi connectivity index (χ1v) is 5.59. The SMILES string of the molecule is FC(F)(F)c1ncc(-c2cc(Cl)ncc2C(F)(F)F)cn1. The standard InChI is InChI=1S/C11H4ClF6N3/c12-8-1-6(7(4-19-8)10(13,14)15)5-2-20-9(21-3-5)11(16,17)18/h1-4H. The fourth-order valence-corrected chi connectivity index (χ4v) is 1.67. The second kappa shape index (κ2) is 5.14. The van der Waals surface area contributed by atoms with Crippen LogP contribution < -0.4 is 0 Å². The zero-order valence-electron chi connectivity index (χ0n) is 9.80. The lowest BCUT2D eigenvalue weighted by atomic mass is 10.0. The van der Waals surface area contributed by atoms with Crippen molar-refractivity contribution in [1.82, 2.24) is 15.0 Å². The van der Waals surface area contributed by atoms with Crippen molar-refractivity contribution in [2.45, 2.75) is 12.4 Å². The molecule has 3 nitrogen and oxygen atoms in total. The lowest BCUT2D eigenvalue weighted by Gasteiger charge is -2.12. The second-order valence-corrected chi connectivity index (χ2v) is 4.23. The van der Waals surface area contributed by atoms with Gasteiger partial charge in [0.1, 0.15) is 5.15 Å². The number of halogens is 7. The van der Waals surface area contributed by atoms with Crippen molar-refractivity contribution in [2.24, 2.45) is 0 Å². The number of rotatable bonds is 1. The van der Waals surface area contributed by atoms with Crippen molar-refractivity contribution in [1.29, 1.82) is 0 Å². The summed E-state index contributed by atoms with van der Waals surface area (Å²) in [5.41, 5.74) is -1.84. The summed E-state index contributed by atoms with van der Waals surface area (Å²) in [4.78, 5) is 9.34. The molecule has 0 atom stereocenters. The van der Waals surface area contributed by atoms with Gasteiger partial charge in [0.2, 0.25) is 5.82 Å². The summed E-state index contributed by atoms with van der Waals surface area (Å²) in [6.07, 6.45) is -7.72. The van der Waals surface area contributed by atoms with Crippen LogP contribution in [0.1, 0.15) is 11.4 Å². The molecule has 0 saturated carbocycles. The smallest absolute Gasteiger partial charge is 0.244 e. The first kappa shape index (κ1) is 15.5. The first-order chi connectivity index (χ1) is 9.59. The number of hydrogen-bond donors (Lipinski definition) is 0. The van der Waals surface area contributed by atoms with E-state index in [1.54, 1.807) is 0 Å². The molecule has 0 fully saturated rings. The van der Waals surface area contributed by atoms with Crippen molar-refractivity contribution < 1.29 is 26.3 Å². The summed E-state index contributed by atoms with van der Waals surface area (Å²) >= 11 is 5.52. The van der Waals surface area contributed by atoms with Gasteiger partial charge >= 0.3 is 12.4 Å². The molecule has 0 unspecified atom stereocenters. The van der Waals surface area contributed by atoms with Crippen molar-refractivity contribution in [2.75, 3.05) is 0 Å². The molecule has 2 aromatic rings. The molecule has 0 aliphatic rings. The highest BCUT2D eigenvalue weighted by Gasteiger charge is 2.36. The molecular formula is C11H4ClF6N3. The van der Waals surface area contributed by atoms with Crippen molar-refractivity contribution in [3.8, 4) is 11.1 Å². The second-order valence-electron chi connectivity index (χ2n) is 3.84. The van der Waals surface area contributed by atoms with Gasteiger partial charge in [-0.2, -0.15) is 26.3 Å². The third kappa shape index (κ3) is 3.41. The highest BCUT2D eigenvalue weighted by atomic mass is 35.5. The molecule has 112 valence electrons. The van der Waals surface area contributed by atoms with Gasteiger partial charge in [0.25, 0.3) is 0 Å². The van der Waals surface area contributed by atoms with Gasteiger partial charge < -0.3 is 0 Å². The van der Waals surface area contributed by atoms with Crippen molar-refractivity contribution >= 4 is 11.6 Å². The Morgan fingerprint density at radius 2 is 1.38 bits per heavy atom. The maximum Gasteiger partial charge on any atom is 0.451 e. The van der Waals surface area contributed by atoms with Crippen LogP contribution in [0.15, 0.2) is 24.7 Å². The normalized spacial score (nSPS) is 12.5. The van der Waals surface area contributed by atoms with Crippen LogP contribution in [-0.4, -0.2) is 15.0 Å². The quantitative estimate of drug-likeness (QED) is 0.581. The van der Waals surface area contributed by atoms with Gasteiger partial charge in [0.15, 0.2) is 0 Å². The van der Waals surface area contributed by atoms with Crippen LogP contribution in [0.25, 0.3) is 11.1 Å². The lowest BCUT2D eigenvalue weighted by molar-refractivity contribution is -0.145. The lowest BCUT2D eigenvalue weighted by Crippen LogP contribution is -2.11. The fourth-order valence-electron chi connectivity index (χ4n) is 1.51. The van der Waals surface area contributed by atoms with E-state index in [0.717, 1.165) is 6.07 Å². The molecule has 2 rings (SSSR count). The molecule has 0 amide bonds. The van der Waals surface area contributed by atoms with E-state index in [1.165, 1.54) is 0 Å². The molecule has 0 aliphatic carbocycles. The van der Waals surface area contributed by atoms with E-state index >= 15 is 0 Å². The predicted molar refractivity (Wildman–Crippen MR) is 60.3 cm³/mol. The molecule has 0 spiro atoms. The van der Waals surface area contributed by atoms with Crippen LogP contribution in [0.3, 0.4) is 0 Å². The molecule has 2 aromatic heterocycles. The largest absolute Gasteiger partial charge is 0.451 e. The molecule has 21 heavy (non-hydrogen) atoms. The van der Waals surface area contributed by atoms with Crippen LogP contribution in [0.5, 0.6) is 0 Å².